The third kappa shape index (κ3) is 4.75. The number of carbonyl (C=O) groups excluding carboxylic acids is 2. The molecule has 2 aromatic rings. The summed E-state index contributed by atoms with van der Waals surface area (Å²) in [6, 6.07) is 16.2. The number of hydrogen-bond acceptors (Lipinski definition) is 2. The first-order chi connectivity index (χ1) is 15.5. The van der Waals surface area contributed by atoms with Crippen LogP contribution in [0.4, 0.5) is 0 Å². The highest BCUT2D eigenvalue weighted by Crippen LogP contribution is 2.42. The SMILES string of the molecule is CCC1C(CCC(=O)Cc2ccc(C(C)=O)cc2)=CC=C1CC1=C(C)Cc2ccccc21. The van der Waals surface area contributed by atoms with E-state index in [0.29, 0.717) is 24.3 Å². The van der Waals surface area contributed by atoms with Crippen molar-refractivity contribution in [3.05, 3.63) is 99.7 Å². The highest BCUT2D eigenvalue weighted by Gasteiger charge is 2.26. The van der Waals surface area contributed by atoms with Gasteiger partial charge in [-0.25, -0.2) is 0 Å². The van der Waals surface area contributed by atoms with E-state index >= 15 is 0 Å². The van der Waals surface area contributed by atoms with Crippen LogP contribution in [0.3, 0.4) is 0 Å². The number of allylic oxidation sites excluding steroid dienone is 6. The summed E-state index contributed by atoms with van der Waals surface area (Å²) in [5.74, 6) is 0.760. The molecule has 0 amide bonds. The maximum atomic E-state index is 12.6. The summed E-state index contributed by atoms with van der Waals surface area (Å²) in [7, 11) is 0. The standard InChI is InChI=1S/C30H32O2/c1-4-28-24(15-16-27(32)18-22-9-11-23(12-10-22)21(3)31)13-14-26(28)19-30-20(2)17-25-7-5-6-8-29(25)30/h5-14,28H,4,15-19H2,1-3H3. The van der Waals surface area contributed by atoms with Crippen molar-refractivity contribution < 1.29 is 9.59 Å². The van der Waals surface area contributed by atoms with Crippen molar-refractivity contribution in [1.29, 1.82) is 0 Å². The van der Waals surface area contributed by atoms with Crippen LogP contribution in [0.5, 0.6) is 0 Å². The average molecular weight is 425 g/mol. The molecular formula is C30H32O2. The number of Topliss-reactive ketones (excluding diaryl/α,β-unsaturated/α-hetero) is 2. The van der Waals surface area contributed by atoms with E-state index in [1.165, 1.54) is 33.4 Å². The minimum Gasteiger partial charge on any atom is -0.299 e. The third-order valence-corrected chi connectivity index (χ3v) is 6.96. The predicted molar refractivity (Wildman–Crippen MR) is 132 cm³/mol. The molecular weight excluding hydrogens is 392 g/mol. The molecule has 2 aliphatic carbocycles. The van der Waals surface area contributed by atoms with Crippen molar-refractivity contribution in [3.63, 3.8) is 0 Å². The Kier molecular flexibility index (Phi) is 6.69. The molecule has 1 unspecified atom stereocenters. The van der Waals surface area contributed by atoms with Crippen LogP contribution in [-0.2, 0) is 17.6 Å². The topological polar surface area (TPSA) is 34.1 Å². The van der Waals surface area contributed by atoms with Crippen LogP contribution < -0.4 is 0 Å². The fourth-order valence-corrected chi connectivity index (χ4v) is 5.15. The van der Waals surface area contributed by atoms with Crippen molar-refractivity contribution in [2.75, 3.05) is 0 Å². The summed E-state index contributed by atoms with van der Waals surface area (Å²) in [6.45, 7) is 6.08. The Morgan fingerprint density at radius 1 is 0.969 bits per heavy atom. The van der Waals surface area contributed by atoms with E-state index in [4.69, 9.17) is 0 Å². The first kappa shape index (κ1) is 22.2. The van der Waals surface area contributed by atoms with E-state index in [9.17, 15) is 9.59 Å². The Morgan fingerprint density at radius 2 is 1.69 bits per heavy atom. The smallest absolute Gasteiger partial charge is 0.159 e. The lowest BCUT2D eigenvalue weighted by Gasteiger charge is -2.19. The van der Waals surface area contributed by atoms with Gasteiger partial charge in [0.05, 0.1) is 0 Å². The Balaban J connectivity index is 1.33. The Morgan fingerprint density at radius 3 is 2.41 bits per heavy atom. The second-order valence-corrected chi connectivity index (χ2v) is 9.18. The molecule has 32 heavy (non-hydrogen) atoms. The Labute approximate surface area is 191 Å². The molecule has 0 heterocycles. The summed E-state index contributed by atoms with van der Waals surface area (Å²) >= 11 is 0. The predicted octanol–water partition coefficient (Wildman–Crippen LogP) is 7.09. The molecule has 4 rings (SSSR count). The number of ketones is 2. The van der Waals surface area contributed by atoms with Crippen molar-refractivity contribution in [3.8, 4) is 0 Å². The minimum absolute atomic E-state index is 0.0528. The third-order valence-electron chi connectivity index (χ3n) is 6.96. The summed E-state index contributed by atoms with van der Waals surface area (Å²) in [5, 5.41) is 0. The fourth-order valence-electron chi connectivity index (χ4n) is 5.15. The molecule has 164 valence electrons. The zero-order valence-corrected chi connectivity index (χ0v) is 19.4. The maximum absolute atomic E-state index is 12.6. The number of hydrogen-bond donors (Lipinski definition) is 0. The van der Waals surface area contributed by atoms with Crippen molar-refractivity contribution in [2.24, 2.45) is 5.92 Å². The van der Waals surface area contributed by atoms with Gasteiger partial charge < -0.3 is 0 Å². The zero-order valence-electron chi connectivity index (χ0n) is 19.4. The van der Waals surface area contributed by atoms with E-state index < -0.39 is 0 Å². The van der Waals surface area contributed by atoms with Gasteiger partial charge in [-0.1, -0.05) is 84.3 Å². The van der Waals surface area contributed by atoms with E-state index in [0.717, 1.165) is 31.2 Å². The van der Waals surface area contributed by atoms with E-state index in [2.05, 4.69) is 50.3 Å². The minimum atomic E-state index is 0.0528. The maximum Gasteiger partial charge on any atom is 0.159 e. The van der Waals surface area contributed by atoms with Gasteiger partial charge in [-0.15, -0.1) is 0 Å². The molecule has 2 heteroatoms. The van der Waals surface area contributed by atoms with Crippen LogP contribution in [0.1, 0.15) is 73.5 Å². The van der Waals surface area contributed by atoms with Crippen LogP contribution in [-0.4, -0.2) is 11.6 Å². The second kappa shape index (κ2) is 9.65. The van der Waals surface area contributed by atoms with Crippen LogP contribution in [0.15, 0.2) is 77.4 Å². The largest absolute Gasteiger partial charge is 0.299 e. The summed E-state index contributed by atoms with van der Waals surface area (Å²) < 4.78 is 0. The van der Waals surface area contributed by atoms with E-state index in [1.54, 1.807) is 6.92 Å². The van der Waals surface area contributed by atoms with Crippen LogP contribution in [0.25, 0.3) is 5.57 Å². The van der Waals surface area contributed by atoms with Crippen LogP contribution in [0, 0.1) is 5.92 Å². The van der Waals surface area contributed by atoms with E-state index in [1.807, 2.05) is 24.3 Å². The monoisotopic (exact) mass is 424 g/mol. The highest BCUT2D eigenvalue weighted by molar-refractivity contribution is 5.94. The lowest BCUT2D eigenvalue weighted by atomic mass is 9.85. The van der Waals surface area contributed by atoms with Gasteiger partial charge in [-0.3, -0.25) is 9.59 Å². The first-order valence-corrected chi connectivity index (χ1v) is 11.7. The molecule has 0 radical (unpaired) electrons. The van der Waals surface area contributed by atoms with Gasteiger partial charge in [-0.2, -0.15) is 0 Å². The molecule has 1 atom stereocenters. The molecule has 0 bridgehead atoms. The van der Waals surface area contributed by atoms with Crippen LogP contribution in [0.2, 0.25) is 0 Å². The second-order valence-electron chi connectivity index (χ2n) is 9.18. The first-order valence-electron chi connectivity index (χ1n) is 11.7. The summed E-state index contributed by atoms with van der Waals surface area (Å²) in [4.78, 5) is 24.0. The van der Waals surface area contributed by atoms with Gasteiger partial charge in [0.1, 0.15) is 5.78 Å². The molecule has 0 saturated heterocycles. The number of fused-ring (bicyclic) bond motifs is 1. The van der Waals surface area contributed by atoms with Gasteiger partial charge in [0.15, 0.2) is 5.78 Å². The lowest BCUT2D eigenvalue weighted by Crippen LogP contribution is -2.08. The normalized spacial score (nSPS) is 17.3. The quantitative estimate of drug-likeness (QED) is 0.403. The molecule has 0 aromatic heterocycles. The number of carbonyl (C=O) groups is 2. The van der Waals surface area contributed by atoms with Gasteiger partial charge >= 0.3 is 0 Å². The molecule has 2 nitrogen and oxygen atoms in total. The van der Waals surface area contributed by atoms with E-state index in [-0.39, 0.29) is 11.6 Å². The molecule has 0 N–H and O–H groups in total. The fraction of sp³-hybridized carbons (Fsp3) is 0.333. The van der Waals surface area contributed by atoms with Crippen molar-refractivity contribution >= 4 is 17.1 Å². The number of benzene rings is 2. The molecule has 2 aliphatic rings. The van der Waals surface area contributed by atoms with Crippen molar-refractivity contribution in [1.82, 2.24) is 0 Å². The Bertz CT molecular complexity index is 1130. The Hall–Kier alpha value is -3.00. The van der Waals surface area contributed by atoms with Gasteiger partial charge in [0.25, 0.3) is 0 Å². The summed E-state index contributed by atoms with van der Waals surface area (Å²) in [6.07, 6.45) is 9.55. The van der Waals surface area contributed by atoms with Crippen molar-refractivity contribution in [2.45, 2.75) is 59.3 Å². The molecule has 0 fully saturated rings. The highest BCUT2D eigenvalue weighted by atomic mass is 16.1. The molecule has 2 aromatic carbocycles. The molecule has 0 spiro atoms. The lowest BCUT2D eigenvalue weighted by molar-refractivity contribution is -0.118. The number of rotatable bonds is 9. The molecule has 0 aliphatic heterocycles. The zero-order chi connectivity index (χ0) is 22.7. The van der Waals surface area contributed by atoms with Gasteiger partial charge in [0.2, 0.25) is 0 Å². The average Bonchev–Trinajstić information content (AvgIpc) is 3.32. The van der Waals surface area contributed by atoms with Gasteiger partial charge in [-0.05, 0) is 61.8 Å². The molecule has 0 saturated carbocycles. The summed E-state index contributed by atoms with van der Waals surface area (Å²) in [5.41, 5.74) is 10.4. The van der Waals surface area contributed by atoms with Gasteiger partial charge in [0, 0.05) is 24.3 Å². The van der Waals surface area contributed by atoms with Crippen LogP contribution >= 0.6 is 0 Å².